The molecule has 4 nitrogen and oxygen atoms in total. The van der Waals surface area contributed by atoms with E-state index in [-0.39, 0.29) is 0 Å². The second kappa shape index (κ2) is 2.80. The van der Waals surface area contributed by atoms with Crippen LogP contribution >= 0.6 is 0 Å². The van der Waals surface area contributed by atoms with E-state index in [0.29, 0.717) is 16.6 Å². The van der Waals surface area contributed by atoms with Gasteiger partial charge < -0.3 is 10.3 Å². The standard InChI is InChI=1S/C9H8FN3O/c1-13-7-3-2-5(8(11)14)4-6(7)12-9(13)10/h2-4H,1H3,(H2,11,14). The van der Waals surface area contributed by atoms with Gasteiger partial charge in [-0.1, -0.05) is 0 Å². The van der Waals surface area contributed by atoms with E-state index in [4.69, 9.17) is 5.73 Å². The predicted octanol–water partition coefficient (Wildman–Crippen LogP) is 0.811. The highest BCUT2D eigenvalue weighted by Gasteiger charge is 2.08. The number of hydrogen-bond acceptors (Lipinski definition) is 2. The van der Waals surface area contributed by atoms with Crippen LogP contribution < -0.4 is 5.73 Å². The lowest BCUT2D eigenvalue weighted by Gasteiger charge is -1.96. The molecule has 0 aliphatic heterocycles. The molecule has 0 fully saturated rings. The third-order valence-corrected chi connectivity index (χ3v) is 2.11. The molecule has 0 bridgehead atoms. The number of aromatic nitrogens is 2. The summed E-state index contributed by atoms with van der Waals surface area (Å²) in [5.74, 6) is -0.544. The van der Waals surface area contributed by atoms with Crippen LogP contribution in [0.2, 0.25) is 0 Å². The zero-order chi connectivity index (χ0) is 10.3. The van der Waals surface area contributed by atoms with Crippen molar-refractivity contribution in [3.63, 3.8) is 0 Å². The molecule has 5 heteroatoms. The Morgan fingerprint density at radius 3 is 2.93 bits per heavy atom. The lowest BCUT2D eigenvalue weighted by Crippen LogP contribution is -2.10. The summed E-state index contributed by atoms with van der Waals surface area (Å²) in [7, 11) is 1.56. The van der Waals surface area contributed by atoms with Gasteiger partial charge >= 0.3 is 0 Å². The maximum Gasteiger partial charge on any atom is 0.289 e. The van der Waals surface area contributed by atoms with Crippen LogP contribution in [0.5, 0.6) is 0 Å². The Hall–Kier alpha value is -1.91. The Labute approximate surface area is 79.1 Å². The van der Waals surface area contributed by atoms with Crippen molar-refractivity contribution in [1.29, 1.82) is 0 Å². The molecule has 0 atom stereocenters. The van der Waals surface area contributed by atoms with E-state index in [0.717, 1.165) is 0 Å². The van der Waals surface area contributed by atoms with Gasteiger partial charge in [0.15, 0.2) is 0 Å². The van der Waals surface area contributed by atoms with Crippen LogP contribution in [0.3, 0.4) is 0 Å². The van der Waals surface area contributed by atoms with Crippen LogP contribution in [0, 0.1) is 6.08 Å². The predicted molar refractivity (Wildman–Crippen MR) is 49.2 cm³/mol. The maximum atomic E-state index is 13.0. The minimum atomic E-state index is -0.582. The zero-order valence-corrected chi connectivity index (χ0v) is 7.49. The van der Waals surface area contributed by atoms with Gasteiger partial charge in [-0.05, 0) is 18.2 Å². The number of imidazole rings is 1. The van der Waals surface area contributed by atoms with Gasteiger partial charge in [0.05, 0.1) is 11.0 Å². The Bertz CT molecular complexity index is 518. The molecule has 14 heavy (non-hydrogen) atoms. The molecule has 0 spiro atoms. The van der Waals surface area contributed by atoms with E-state index in [1.165, 1.54) is 10.6 Å². The van der Waals surface area contributed by atoms with Gasteiger partial charge in [0, 0.05) is 12.6 Å². The summed E-state index contributed by atoms with van der Waals surface area (Å²) >= 11 is 0. The first-order chi connectivity index (χ1) is 6.59. The monoisotopic (exact) mass is 193 g/mol. The Balaban J connectivity index is 2.73. The van der Waals surface area contributed by atoms with Gasteiger partial charge in [0.2, 0.25) is 5.91 Å². The highest BCUT2D eigenvalue weighted by molar-refractivity contribution is 5.96. The van der Waals surface area contributed by atoms with Crippen molar-refractivity contribution in [2.75, 3.05) is 0 Å². The maximum absolute atomic E-state index is 13.0. The number of aryl methyl sites for hydroxylation is 1. The molecule has 1 amide bonds. The summed E-state index contributed by atoms with van der Waals surface area (Å²) in [6, 6.07) is 4.64. The number of hydrogen-bond donors (Lipinski definition) is 1. The topological polar surface area (TPSA) is 60.9 Å². The van der Waals surface area contributed by atoms with Crippen molar-refractivity contribution >= 4 is 16.9 Å². The van der Waals surface area contributed by atoms with Crippen LogP contribution in [-0.4, -0.2) is 15.5 Å². The summed E-state index contributed by atoms with van der Waals surface area (Å²) in [6.07, 6.45) is -0.582. The van der Waals surface area contributed by atoms with Crippen LogP contribution in [0.4, 0.5) is 4.39 Å². The number of fused-ring (bicyclic) bond motifs is 1. The third-order valence-electron chi connectivity index (χ3n) is 2.11. The lowest BCUT2D eigenvalue weighted by molar-refractivity contribution is 0.100. The highest BCUT2D eigenvalue weighted by Crippen LogP contribution is 2.15. The van der Waals surface area contributed by atoms with Crippen molar-refractivity contribution in [2.24, 2.45) is 12.8 Å². The lowest BCUT2D eigenvalue weighted by atomic mass is 10.2. The highest BCUT2D eigenvalue weighted by atomic mass is 19.1. The summed E-state index contributed by atoms with van der Waals surface area (Å²) in [5, 5.41) is 0. The number of benzene rings is 1. The summed E-state index contributed by atoms with van der Waals surface area (Å²) < 4.78 is 14.3. The van der Waals surface area contributed by atoms with Crippen LogP contribution in [-0.2, 0) is 7.05 Å². The number of halogens is 1. The largest absolute Gasteiger partial charge is 0.366 e. The van der Waals surface area contributed by atoms with Crippen LogP contribution in [0.25, 0.3) is 11.0 Å². The Kier molecular flexibility index (Phi) is 1.73. The van der Waals surface area contributed by atoms with Gasteiger partial charge in [0.1, 0.15) is 0 Å². The fourth-order valence-corrected chi connectivity index (χ4v) is 1.32. The smallest absolute Gasteiger partial charge is 0.289 e. The van der Waals surface area contributed by atoms with E-state index in [2.05, 4.69) is 4.98 Å². The molecular formula is C9H8FN3O. The number of primary amides is 1. The van der Waals surface area contributed by atoms with E-state index in [1.807, 2.05) is 0 Å². The second-order valence-corrected chi connectivity index (χ2v) is 3.01. The molecule has 72 valence electrons. The van der Waals surface area contributed by atoms with Crippen LogP contribution in [0.1, 0.15) is 10.4 Å². The first-order valence-electron chi connectivity index (χ1n) is 4.01. The molecule has 1 aromatic heterocycles. The first kappa shape index (κ1) is 8.68. The van der Waals surface area contributed by atoms with Crippen molar-refractivity contribution in [3.05, 3.63) is 29.8 Å². The number of carbonyl (C=O) groups is 1. The van der Waals surface area contributed by atoms with Gasteiger partial charge in [-0.25, -0.2) is 4.98 Å². The van der Waals surface area contributed by atoms with Gasteiger partial charge in [0.25, 0.3) is 6.08 Å². The van der Waals surface area contributed by atoms with E-state index in [1.54, 1.807) is 19.2 Å². The van der Waals surface area contributed by atoms with Gasteiger partial charge in [-0.2, -0.15) is 4.39 Å². The Morgan fingerprint density at radius 1 is 1.57 bits per heavy atom. The normalized spacial score (nSPS) is 10.7. The average Bonchev–Trinajstić information content (AvgIpc) is 2.42. The summed E-state index contributed by atoms with van der Waals surface area (Å²) in [5.41, 5.74) is 6.48. The minimum Gasteiger partial charge on any atom is -0.366 e. The molecule has 0 aliphatic rings. The molecule has 2 N–H and O–H groups in total. The molecule has 0 saturated carbocycles. The molecule has 0 unspecified atom stereocenters. The van der Waals surface area contributed by atoms with Gasteiger partial charge in [-0.3, -0.25) is 4.79 Å². The average molecular weight is 193 g/mol. The van der Waals surface area contributed by atoms with Crippen molar-refractivity contribution in [3.8, 4) is 0 Å². The molecule has 1 aromatic carbocycles. The van der Waals surface area contributed by atoms with Crippen molar-refractivity contribution in [1.82, 2.24) is 9.55 Å². The Morgan fingerprint density at radius 2 is 2.29 bits per heavy atom. The number of nitrogens with two attached hydrogens (primary N) is 1. The molecule has 2 rings (SSSR count). The molecule has 0 saturated heterocycles. The fourth-order valence-electron chi connectivity index (χ4n) is 1.32. The number of nitrogens with zero attached hydrogens (tertiary/aromatic N) is 2. The third kappa shape index (κ3) is 1.14. The summed E-state index contributed by atoms with van der Waals surface area (Å²) in [4.78, 5) is 14.5. The number of amides is 1. The van der Waals surface area contributed by atoms with E-state index in [9.17, 15) is 9.18 Å². The van der Waals surface area contributed by atoms with Gasteiger partial charge in [-0.15, -0.1) is 0 Å². The molecule has 2 aromatic rings. The first-order valence-corrected chi connectivity index (χ1v) is 4.01. The number of carbonyl (C=O) groups excluding carboxylic acids is 1. The van der Waals surface area contributed by atoms with E-state index < -0.39 is 12.0 Å². The molecule has 0 aliphatic carbocycles. The SMILES string of the molecule is Cn1c(F)nc2cc(C(N)=O)ccc21. The molecule has 1 heterocycles. The minimum absolute atomic E-state index is 0.329. The van der Waals surface area contributed by atoms with Crippen molar-refractivity contribution < 1.29 is 9.18 Å². The fraction of sp³-hybridized carbons (Fsp3) is 0.111. The second-order valence-electron chi connectivity index (χ2n) is 3.01. The zero-order valence-electron chi connectivity index (χ0n) is 7.49. The van der Waals surface area contributed by atoms with E-state index >= 15 is 0 Å². The van der Waals surface area contributed by atoms with Crippen LogP contribution in [0.15, 0.2) is 18.2 Å². The quantitative estimate of drug-likeness (QED) is 0.728. The summed E-state index contributed by atoms with van der Waals surface area (Å²) in [6.45, 7) is 0. The molecule has 0 radical (unpaired) electrons. The number of rotatable bonds is 1. The van der Waals surface area contributed by atoms with Crippen molar-refractivity contribution in [2.45, 2.75) is 0 Å². The molecular weight excluding hydrogens is 185 g/mol.